The maximum Gasteiger partial charge on any atom is 0.226 e. The van der Waals surface area contributed by atoms with Gasteiger partial charge in [0.15, 0.2) is 0 Å². The molecule has 0 atom stereocenters. The summed E-state index contributed by atoms with van der Waals surface area (Å²) in [4.78, 5) is 14.6. The number of aromatic nitrogens is 2. The van der Waals surface area contributed by atoms with Gasteiger partial charge in [-0.25, -0.2) is 0 Å². The lowest BCUT2D eigenvalue weighted by atomic mass is 9.92. The first-order valence-corrected chi connectivity index (χ1v) is 10.0. The Labute approximate surface area is 164 Å². The van der Waals surface area contributed by atoms with Crippen LogP contribution in [-0.2, 0) is 4.79 Å². The zero-order valence-corrected chi connectivity index (χ0v) is 16.1. The van der Waals surface area contributed by atoms with Crippen molar-refractivity contribution in [2.24, 2.45) is 0 Å². The van der Waals surface area contributed by atoms with Crippen LogP contribution in [0.3, 0.4) is 0 Å². The molecule has 1 fully saturated rings. The van der Waals surface area contributed by atoms with Crippen molar-refractivity contribution in [2.45, 2.75) is 31.6 Å². The van der Waals surface area contributed by atoms with E-state index in [2.05, 4.69) is 27.7 Å². The third-order valence-corrected chi connectivity index (χ3v) is 5.90. The molecule has 2 aromatic rings. The molecule has 0 saturated carbocycles. The van der Waals surface area contributed by atoms with Gasteiger partial charge in [-0.3, -0.25) is 9.89 Å². The molecule has 6 heteroatoms. The summed E-state index contributed by atoms with van der Waals surface area (Å²) < 4.78 is 0. The third-order valence-electron chi connectivity index (χ3n) is 5.57. The van der Waals surface area contributed by atoms with Crippen LogP contribution in [0.2, 0.25) is 5.02 Å². The summed E-state index contributed by atoms with van der Waals surface area (Å²) in [6, 6.07) is 9.86. The van der Waals surface area contributed by atoms with Gasteiger partial charge >= 0.3 is 0 Å². The zero-order chi connectivity index (χ0) is 18.6. The quantitative estimate of drug-likeness (QED) is 0.789. The topological polar surface area (TPSA) is 61.0 Å². The number of carbonyl (C=O) groups excluding carboxylic acids is 1. The van der Waals surface area contributed by atoms with Crippen LogP contribution in [0.25, 0.3) is 11.3 Å². The molecule has 0 aliphatic carbocycles. The number of nitrogens with zero attached hydrogens (tertiary/aromatic N) is 2. The molecular weight excluding hydrogens is 360 g/mol. The molecule has 4 rings (SSSR count). The van der Waals surface area contributed by atoms with Crippen molar-refractivity contribution in [1.29, 1.82) is 0 Å². The van der Waals surface area contributed by atoms with Crippen molar-refractivity contribution in [1.82, 2.24) is 20.4 Å². The largest absolute Gasteiger partial charge is 0.342 e. The SMILES string of the molecule is O=C(CC1=CCNCC1)N1CCC(c2cc(-c3ccccc3Cl)n[nH]2)CC1. The number of piperidine rings is 1. The molecule has 2 aliphatic rings. The fourth-order valence-electron chi connectivity index (χ4n) is 3.93. The molecule has 1 saturated heterocycles. The highest BCUT2D eigenvalue weighted by Gasteiger charge is 2.25. The van der Waals surface area contributed by atoms with E-state index in [1.165, 1.54) is 5.57 Å². The molecule has 0 unspecified atom stereocenters. The molecule has 27 heavy (non-hydrogen) atoms. The fourth-order valence-corrected chi connectivity index (χ4v) is 4.16. The number of hydrogen-bond acceptors (Lipinski definition) is 3. The Hall–Kier alpha value is -2.11. The van der Waals surface area contributed by atoms with Crippen LogP contribution in [0.5, 0.6) is 0 Å². The molecule has 0 spiro atoms. The van der Waals surface area contributed by atoms with Gasteiger partial charge in [-0.1, -0.05) is 41.4 Å². The van der Waals surface area contributed by atoms with E-state index < -0.39 is 0 Å². The van der Waals surface area contributed by atoms with Crippen molar-refractivity contribution in [3.63, 3.8) is 0 Å². The monoisotopic (exact) mass is 384 g/mol. The molecular formula is C21H25ClN4O. The molecule has 1 amide bonds. The summed E-state index contributed by atoms with van der Waals surface area (Å²) in [7, 11) is 0. The van der Waals surface area contributed by atoms with Crippen LogP contribution in [0.4, 0.5) is 0 Å². The van der Waals surface area contributed by atoms with E-state index in [0.717, 1.165) is 62.4 Å². The molecule has 3 heterocycles. The van der Waals surface area contributed by atoms with Crippen molar-refractivity contribution in [3.05, 3.63) is 52.7 Å². The van der Waals surface area contributed by atoms with Gasteiger partial charge in [-0.15, -0.1) is 0 Å². The number of hydrogen-bond donors (Lipinski definition) is 2. The summed E-state index contributed by atoms with van der Waals surface area (Å²) in [6.07, 6.45) is 5.66. The minimum atomic E-state index is 0.267. The molecule has 0 bridgehead atoms. The number of likely N-dealkylation sites (tertiary alicyclic amines) is 1. The minimum Gasteiger partial charge on any atom is -0.342 e. The van der Waals surface area contributed by atoms with E-state index in [4.69, 9.17) is 11.6 Å². The van der Waals surface area contributed by atoms with Gasteiger partial charge in [-0.05, 0) is 37.9 Å². The standard InChI is InChI=1S/C21H25ClN4O/c22-18-4-2-1-3-17(18)20-14-19(24-25-20)16-7-11-26(12-8-16)21(27)13-15-5-9-23-10-6-15/h1-5,14,16,23H,6-13H2,(H,24,25). The lowest BCUT2D eigenvalue weighted by Crippen LogP contribution is -2.38. The van der Waals surface area contributed by atoms with Gasteiger partial charge in [-0.2, -0.15) is 5.10 Å². The predicted molar refractivity (Wildman–Crippen MR) is 108 cm³/mol. The zero-order valence-electron chi connectivity index (χ0n) is 15.4. The summed E-state index contributed by atoms with van der Waals surface area (Å²) in [5.41, 5.74) is 4.24. The number of halogens is 1. The van der Waals surface area contributed by atoms with Crippen LogP contribution in [-0.4, -0.2) is 47.2 Å². The molecule has 2 aliphatic heterocycles. The van der Waals surface area contributed by atoms with Crippen LogP contribution >= 0.6 is 11.6 Å². The van der Waals surface area contributed by atoms with E-state index in [0.29, 0.717) is 17.4 Å². The summed E-state index contributed by atoms with van der Waals surface area (Å²) in [5, 5.41) is 11.6. The van der Waals surface area contributed by atoms with Crippen LogP contribution in [0.1, 0.15) is 37.3 Å². The first kappa shape index (κ1) is 18.3. The lowest BCUT2D eigenvalue weighted by molar-refractivity contribution is -0.131. The van der Waals surface area contributed by atoms with Gasteiger partial charge in [0.25, 0.3) is 0 Å². The van der Waals surface area contributed by atoms with Crippen LogP contribution in [0.15, 0.2) is 42.0 Å². The second kappa shape index (κ2) is 8.28. The van der Waals surface area contributed by atoms with Gasteiger partial charge in [0.1, 0.15) is 0 Å². The highest BCUT2D eigenvalue weighted by atomic mass is 35.5. The second-order valence-electron chi connectivity index (χ2n) is 7.34. The second-order valence-corrected chi connectivity index (χ2v) is 7.74. The first-order chi connectivity index (χ1) is 13.2. The van der Waals surface area contributed by atoms with E-state index in [-0.39, 0.29) is 5.91 Å². The molecule has 0 radical (unpaired) electrons. The van der Waals surface area contributed by atoms with E-state index in [1.807, 2.05) is 29.2 Å². The molecule has 5 nitrogen and oxygen atoms in total. The van der Waals surface area contributed by atoms with Crippen molar-refractivity contribution >= 4 is 17.5 Å². The molecule has 142 valence electrons. The third kappa shape index (κ3) is 4.25. The first-order valence-electron chi connectivity index (χ1n) is 9.67. The van der Waals surface area contributed by atoms with Crippen molar-refractivity contribution < 1.29 is 4.79 Å². The molecule has 2 N–H and O–H groups in total. The van der Waals surface area contributed by atoms with Gasteiger partial charge in [0, 0.05) is 43.2 Å². The maximum absolute atomic E-state index is 12.6. The fraction of sp³-hybridized carbons (Fsp3) is 0.429. The minimum absolute atomic E-state index is 0.267. The van der Waals surface area contributed by atoms with Crippen LogP contribution < -0.4 is 5.32 Å². The Morgan fingerprint density at radius 1 is 1.26 bits per heavy atom. The Morgan fingerprint density at radius 3 is 2.81 bits per heavy atom. The molecule has 1 aromatic carbocycles. The lowest BCUT2D eigenvalue weighted by Gasteiger charge is -2.32. The number of carbonyl (C=O) groups is 1. The number of benzene rings is 1. The Kier molecular flexibility index (Phi) is 5.60. The highest BCUT2D eigenvalue weighted by Crippen LogP contribution is 2.32. The Balaban J connectivity index is 1.35. The van der Waals surface area contributed by atoms with E-state index >= 15 is 0 Å². The van der Waals surface area contributed by atoms with E-state index in [1.54, 1.807) is 0 Å². The summed E-state index contributed by atoms with van der Waals surface area (Å²) in [6.45, 7) is 3.50. The maximum atomic E-state index is 12.6. The Morgan fingerprint density at radius 2 is 2.07 bits per heavy atom. The molecule has 1 aromatic heterocycles. The Bertz CT molecular complexity index is 836. The van der Waals surface area contributed by atoms with Gasteiger partial charge in [0.05, 0.1) is 10.7 Å². The summed E-state index contributed by atoms with van der Waals surface area (Å²) in [5.74, 6) is 0.679. The number of nitrogens with one attached hydrogen (secondary N) is 2. The average molecular weight is 385 g/mol. The van der Waals surface area contributed by atoms with Gasteiger partial charge in [0.2, 0.25) is 5.91 Å². The smallest absolute Gasteiger partial charge is 0.226 e. The number of rotatable bonds is 4. The van der Waals surface area contributed by atoms with E-state index in [9.17, 15) is 4.79 Å². The normalized spacial score (nSPS) is 18.4. The summed E-state index contributed by atoms with van der Waals surface area (Å²) >= 11 is 6.28. The van der Waals surface area contributed by atoms with Crippen molar-refractivity contribution in [3.8, 4) is 11.3 Å². The number of H-pyrrole nitrogens is 1. The highest BCUT2D eigenvalue weighted by molar-refractivity contribution is 6.33. The predicted octanol–water partition coefficient (Wildman–Crippen LogP) is 3.75. The number of aromatic amines is 1. The number of amides is 1. The average Bonchev–Trinajstić information content (AvgIpc) is 3.19. The van der Waals surface area contributed by atoms with Crippen LogP contribution in [0, 0.1) is 0 Å². The van der Waals surface area contributed by atoms with Crippen molar-refractivity contribution in [2.75, 3.05) is 26.2 Å². The van der Waals surface area contributed by atoms with Gasteiger partial charge < -0.3 is 10.2 Å².